The van der Waals surface area contributed by atoms with Gasteiger partial charge in [-0.25, -0.2) is 13.1 Å². The monoisotopic (exact) mass is 444 g/mol. The number of ether oxygens (including phenoxy) is 2. The van der Waals surface area contributed by atoms with E-state index in [9.17, 15) is 8.42 Å². The zero-order valence-corrected chi connectivity index (χ0v) is 18.0. The summed E-state index contributed by atoms with van der Waals surface area (Å²) >= 11 is 0. The highest BCUT2D eigenvalue weighted by molar-refractivity contribution is 7.88. The van der Waals surface area contributed by atoms with Crippen LogP contribution in [0.3, 0.4) is 0 Å². The molecule has 3 heterocycles. The molecule has 1 saturated heterocycles. The van der Waals surface area contributed by atoms with Gasteiger partial charge in [-0.15, -0.1) is 0 Å². The predicted octanol–water partition coefficient (Wildman–Crippen LogP) is 3.10. The quantitative estimate of drug-likeness (QED) is 0.759. The number of piperidine rings is 1. The number of benzene rings is 1. The van der Waals surface area contributed by atoms with Gasteiger partial charge in [-0.3, -0.25) is 4.90 Å². The van der Waals surface area contributed by atoms with Crippen LogP contribution in [0.1, 0.15) is 50.0 Å². The van der Waals surface area contributed by atoms with E-state index in [2.05, 4.69) is 4.72 Å². The van der Waals surface area contributed by atoms with Gasteiger partial charge in [0.2, 0.25) is 10.0 Å². The lowest BCUT2D eigenvalue weighted by atomic mass is 9.82. The van der Waals surface area contributed by atoms with Crippen molar-refractivity contribution in [2.75, 3.05) is 26.0 Å². The second kappa shape index (κ2) is 8.68. The molecule has 1 aromatic rings. The van der Waals surface area contributed by atoms with E-state index in [0.29, 0.717) is 19.4 Å². The number of halogens is 2. The first kappa shape index (κ1) is 21.9. The van der Waals surface area contributed by atoms with Crippen molar-refractivity contribution in [3.05, 3.63) is 29.8 Å². The summed E-state index contributed by atoms with van der Waals surface area (Å²) in [6.45, 7) is 0.0715. The van der Waals surface area contributed by atoms with E-state index in [-0.39, 0.29) is 24.4 Å². The summed E-state index contributed by atoms with van der Waals surface area (Å²) in [5, 5.41) is 0. The number of rotatable bonds is 2. The van der Waals surface area contributed by atoms with Gasteiger partial charge in [-0.05, 0) is 62.6 Å². The van der Waals surface area contributed by atoms with Gasteiger partial charge in [-0.1, -0.05) is 18.2 Å². The average molecular weight is 445 g/mol. The Bertz CT molecular complexity index is 843. The van der Waals surface area contributed by atoms with Crippen LogP contribution in [0.5, 0.6) is 5.75 Å². The van der Waals surface area contributed by atoms with E-state index < -0.39 is 34.8 Å². The van der Waals surface area contributed by atoms with Gasteiger partial charge in [0.25, 0.3) is 0 Å². The van der Waals surface area contributed by atoms with Crippen LogP contribution in [0.4, 0.5) is 8.78 Å². The minimum atomic E-state index is -3.46. The van der Waals surface area contributed by atoms with Gasteiger partial charge >= 0.3 is 6.11 Å². The van der Waals surface area contributed by atoms with Gasteiger partial charge in [0.1, 0.15) is 12.3 Å². The molecule has 4 aliphatic rings. The minimum Gasteiger partial charge on any atom is -0.431 e. The molecule has 2 fully saturated rings. The number of sulfonamides is 1. The van der Waals surface area contributed by atoms with E-state index >= 15 is 8.78 Å². The van der Waals surface area contributed by atoms with Gasteiger partial charge in [0.15, 0.2) is 0 Å². The first-order chi connectivity index (χ1) is 14.2. The van der Waals surface area contributed by atoms with Crippen molar-refractivity contribution in [1.82, 2.24) is 9.62 Å². The van der Waals surface area contributed by atoms with E-state index in [1.54, 1.807) is 17.0 Å². The maximum Gasteiger partial charge on any atom is 0.410 e. The highest BCUT2D eigenvalue weighted by atomic mass is 32.2. The second-order valence-corrected chi connectivity index (χ2v) is 10.5. The van der Waals surface area contributed by atoms with Crippen LogP contribution in [0.2, 0.25) is 0 Å². The Balaban J connectivity index is 1.64. The number of para-hydroxylation sites is 1. The van der Waals surface area contributed by atoms with Crippen molar-refractivity contribution >= 4 is 10.0 Å². The molecular formula is C21H30F2N2O4S. The molecule has 0 amide bonds. The van der Waals surface area contributed by atoms with Crippen LogP contribution in [-0.2, 0) is 14.8 Å². The van der Waals surface area contributed by atoms with Crippen molar-refractivity contribution in [3.63, 3.8) is 0 Å². The van der Waals surface area contributed by atoms with Gasteiger partial charge in [0.05, 0.1) is 19.0 Å². The highest BCUT2D eigenvalue weighted by Crippen LogP contribution is 2.40. The Morgan fingerprint density at radius 2 is 1.87 bits per heavy atom. The Labute approximate surface area is 177 Å². The number of fused-ring (bicyclic) bond motifs is 5. The molecule has 1 saturated carbocycles. The third-order valence-electron chi connectivity index (χ3n) is 6.44. The first-order valence-corrected chi connectivity index (χ1v) is 12.6. The summed E-state index contributed by atoms with van der Waals surface area (Å²) < 4.78 is 67.8. The summed E-state index contributed by atoms with van der Waals surface area (Å²) in [5.74, 6) is 0.422. The number of nitrogens with one attached hydrogen (secondary N) is 1. The Morgan fingerprint density at radius 1 is 1.13 bits per heavy atom. The molecular weight excluding hydrogens is 414 g/mol. The van der Waals surface area contributed by atoms with Gasteiger partial charge in [-0.2, -0.15) is 8.78 Å². The van der Waals surface area contributed by atoms with Crippen molar-refractivity contribution in [3.8, 4) is 5.75 Å². The molecule has 5 rings (SSSR count). The Morgan fingerprint density at radius 3 is 2.60 bits per heavy atom. The fourth-order valence-electron chi connectivity index (χ4n) is 5.07. The number of hydrogen-bond donors (Lipinski definition) is 1. The molecule has 2 atom stereocenters. The molecule has 6 nitrogen and oxygen atoms in total. The van der Waals surface area contributed by atoms with Crippen LogP contribution < -0.4 is 9.46 Å². The van der Waals surface area contributed by atoms with Crippen LogP contribution >= 0.6 is 0 Å². The van der Waals surface area contributed by atoms with E-state index in [0.717, 1.165) is 37.5 Å². The molecule has 9 heteroatoms. The summed E-state index contributed by atoms with van der Waals surface area (Å²) in [4.78, 5) is 1.62. The van der Waals surface area contributed by atoms with Crippen molar-refractivity contribution < 1.29 is 26.7 Å². The van der Waals surface area contributed by atoms with Crippen molar-refractivity contribution in [1.29, 1.82) is 0 Å². The zero-order chi connectivity index (χ0) is 21.4. The van der Waals surface area contributed by atoms with Crippen LogP contribution in [0.15, 0.2) is 24.3 Å². The first-order valence-electron chi connectivity index (χ1n) is 10.7. The third-order valence-corrected chi connectivity index (χ3v) is 7.17. The molecule has 3 aliphatic heterocycles. The summed E-state index contributed by atoms with van der Waals surface area (Å²) in [6, 6.07) is 6.16. The highest BCUT2D eigenvalue weighted by Gasteiger charge is 2.42. The number of nitrogens with zero attached hydrogens (tertiary/aromatic N) is 1. The SMILES string of the molecule is CS(=O)(=O)N[C@H]1CCCN2CC(F)(F)Oc3ccccc3C3CCC(CC3)OCC12. The molecule has 1 N–H and O–H groups in total. The smallest absolute Gasteiger partial charge is 0.410 e. The molecule has 0 radical (unpaired) electrons. The van der Waals surface area contributed by atoms with Crippen molar-refractivity contribution in [2.45, 2.75) is 68.7 Å². The standard InChI is InChI=1S/C21H30F2N2O4S/c1-30(26,27)24-18-6-4-12-25-14-21(22,23)29-20-7-3-2-5-17(20)15-8-10-16(11-9-15)28-13-19(18)25/h2-3,5,7,15-16,18-19,24H,4,6,8-14H2,1H3/t15?,16?,18-,19?/m0/s1. The van der Waals surface area contributed by atoms with Crippen LogP contribution in [0, 0.1) is 0 Å². The van der Waals surface area contributed by atoms with Gasteiger partial charge < -0.3 is 9.47 Å². The molecule has 1 unspecified atom stereocenters. The molecule has 0 aromatic heterocycles. The maximum absolute atomic E-state index is 15.0. The molecule has 168 valence electrons. The van der Waals surface area contributed by atoms with E-state index in [4.69, 9.17) is 9.47 Å². The molecule has 1 aliphatic carbocycles. The average Bonchev–Trinajstić information content (AvgIpc) is 2.67. The van der Waals surface area contributed by atoms with E-state index in [1.165, 1.54) is 0 Å². The topological polar surface area (TPSA) is 67.9 Å². The summed E-state index contributed by atoms with van der Waals surface area (Å²) in [7, 11) is -3.46. The third kappa shape index (κ3) is 5.30. The van der Waals surface area contributed by atoms with Crippen LogP contribution in [0.25, 0.3) is 0 Å². The lowest BCUT2D eigenvalue weighted by molar-refractivity contribution is -0.197. The number of alkyl halides is 2. The second-order valence-electron chi connectivity index (χ2n) is 8.76. The largest absolute Gasteiger partial charge is 0.431 e. The van der Waals surface area contributed by atoms with Crippen LogP contribution in [-0.4, -0.2) is 63.6 Å². The van der Waals surface area contributed by atoms with Gasteiger partial charge in [0, 0.05) is 12.1 Å². The maximum atomic E-state index is 15.0. The summed E-state index contributed by atoms with van der Waals surface area (Å²) in [5.41, 5.74) is 0.835. The molecule has 2 bridgehead atoms. The molecule has 30 heavy (non-hydrogen) atoms. The lowest BCUT2D eigenvalue weighted by Gasteiger charge is -2.42. The fourth-order valence-corrected chi connectivity index (χ4v) is 5.90. The molecule has 0 spiro atoms. The Hall–Kier alpha value is -1.29. The van der Waals surface area contributed by atoms with E-state index in [1.807, 2.05) is 12.1 Å². The lowest BCUT2D eigenvalue weighted by Crippen LogP contribution is -2.59. The predicted molar refractivity (Wildman–Crippen MR) is 109 cm³/mol. The molecule has 1 aromatic carbocycles. The fraction of sp³-hybridized carbons (Fsp3) is 0.714. The zero-order valence-electron chi connectivity index (χ0n) is 17.2. The number of hydrogen-bond acceptors (Lipinski definition) is 5. The summed E-state index contributed by atoms with van der Waals surface area (Å²) in [6.07, 6.45) is 2.42. The normalized spacial score (nSPS) is 32.6. The minimum absolute atomic E-state index is 0.0678. The van der Waals surface area contributed by atoms with Crippen molar-refractivity contribution in [2.24, 2.45) is 0 Å². The Kier molecular flexibility index (Phi) is 6.35.